The first-order valence-corrected chi connectivity index (χ1v) is 7.50. The predicted octanol–water partition coefficient (Wildman–Crippen LogP) is 4.63. The molecule has 0 spiro atoms. The average molecular weight is 319 g/mol. The molecule has 0 aliphatic rings. The maximum absolute atomic E-state index is 5.17. The van der Waals surface area contributed by atoms with E-state index in [0.717, 1.165) is 25.0 Å². The molecule has 2 rings (SSSR count). The first-order valence-electron chi connectivity index (χ1n) is 6.59. The number of aryl methyl sites for hydroxylation is 1. The molecule has 1 nitrogen and oxygen atoms in total. The third-order valence-electron chi connectivity index (χ3n) is 3.21. The highest BCUT2D eigenvalue weighted by Gasteiger charge is 2.06. The van der Waals surface area contributed by atoms with Crippen molar-refractivity contribution in [1.82, 2.24) is 0 Å². The molecule has 0 N–H and O–H groups in total. The highest BCUT2D eigenvalue weighted by molar-refractivity contribution is 9.09. The van der Waals surface area contributed by atoms with Crippen LogP contribution in [-0.4, -0.2) is 11.9 Å². The number of halogens is 1. The fraction of sp³-hybridized carbons (Fsp3) is 0.294. The van der Waals surface area contributed by atoms with Crippen LogP contribution < -0.4 is 4.74 Å². The van der Waals surface area contributed by atoms with Gasteiger partial charge in [0.1, 0.15) is 5.75 Å². The van der Waals surface area contributed by atoms with E-state index in [1.807, 2.05) is 12.1 Å². The van der Waals surface area contributed by atoms with Gasteiger partial charge in [0.2, 0.25) is 0 Å². The van der Waals surface area contributed by atoms with Gasteiger partial charge in [-0.3, -0.25) is 0 Å². The summed E-state index contributed by atoms with van der Waals surface area (Å²) >= 11 is 3.78. The number of rotatable bonds is 6. The highest BCUT2D eigenvalue weighted by Crippen LogP contribution is 2.18. The fourth-order valence-corrected chi connectivity index (χ4v) is 2.69. The zero-order chi connectivity index (χ0) is 13.5. The molecule has 1 unspecified atom stereocenters. The fourth-order valence-electron chi connectivity index (χ4n) is 2.09. The molecule has 0 amide bonds. The zero-order valence-corrected chi connectivity index (χ0v) is 12.8. The predicted molar refractivity (Wildman–Crippen MR) is 84.2 cm³/mol. The van der Waals surface area contributed by atoms with E-state index in [1.165, 1.54) is 11.1 Å². The second-order valence-corrected chi connectivity index (χ2v) is 5.97. The minimum absolute atomic E-state index is 0.515. The first kappa shape index (κ1) is 14.1. The minimum atomic E-state index is 0.515. The van der Waals surface area contributed by atoms with Gasteiger partial charge in [0, 0.05) is 4.83 Å². The van der Waals surface area contributed by atoms with Crippen LogP contribution >= 0.6 is 15.9 Å². The summed E-state index contributed by atoms with van der Waals surface area (Å²) in [6.45, 7) is 0. The molecule has 0 heterocycles. The van der Waals surface area contributed by atoms with E-state index in [9.17, 15) is 0 Å². The zero-order valence-electron chi connectivity index (χ0n) is 11.2. The Hall–Kier alpha value is -1.28. The summed E-state index contributed by atoms with van der Waals surface area (Å²) in [7, 11) is 1.70. The number of alkyl halides is 1. The Labute approximate surface area is 123 Å². The Morgan fingerprint density at radius 3 is 2.26 bits per heavy atom. The summed E-state index contributed by atoms with van der Waals surface area (Å²) in [5.41, 5.74) is 2.75. The quantitative estimate of drug-likeness (QED) is 0.705. The number of ether oxygens (including phenoxy) is 1. The minimum Gasteiger partial charge on any atom is -0.497 e. The average Bonchev–Trinajstić information content (AvgIpc) is 2.47. The number of benzene rings is 2. The molecule has 0 aliphatic heterocycles. The van der Waals surface area contributed by atoms with E-state index in [2.05, 4.69) is 58.4 Å². The summed E-state index contributed by atoms with van der Waals surface area (Å²) in [5.74, 6) is 0.916. The molecular formula is C17H19BrO. The van der Waals surface area contributed by atoms with Gasteiger partial charge in [-0.05, 0) is 42.5 Å². The topological polar surface area (TPSA) is 9.23 Å². The van der Waals surface area contributed by atoms with E-state index in [4.69, 9.17) is 4.74 Å². The summed E-state index contributed by atoms with van der Waals surface area (Å²) in [5, 5.41) is 0. The molecule has 100 valence electrons. The van der Waals surface area contributed by atoms with Gasteiger partial charge in [-0.15, -0.1) is 0 Å². The van der Waals surface area contributed by atoms with Crippen molar-refractivity contribution in [3.8, 4) is 5.75 Å². The van der Waals surface area contributed by atoms with Crippen molar-refractivity contribution < 1.29 is 4.74 Å². The molecule has 1 atom stereocenters. The summed E-state index contributed by atoms with van der Waals surface area (Å²) < 4.78 is 5.17. The smallest absolute Gasteiger partial charge is 0.118 e. The molecule has 0 saturated heterocycles. The van der Waals surface area contributed by atoms with E-state index in [0.29, 0.717) is 4.83 Å². The molecule has 0 aromatic heterocycles. The van der Waals surface area contributed by atoms with Crippen molar-refractivity contribution in [1.29, 1.82) is 0 Å². The van der Waals surface area contributed by atoms with Crippen LogP contribution in [0.25, 0.3) is 0 Å². The maximum atomic E-state index is 5.17. The number of methoxy groups -OCH3 is 1. The Morgan fingerprint density at radius 2 is 1.63 bits per heavy atom. The summed E-state index contributed by atoms with van der Waals surface area (Å²) in [4.78, 5) is 0.515. The van der Waals surface area contributed by atoms with Crippen LogP contribution in [-0.2, 0) is 12.8 Å². The standard InChI is InChI=1S/C17H19BrO/c1-19-17-11-8-15(9-12-17)13-16(18)10-7-14-5-3-2-4-6-14/h2-6,8-9,11-12,16H,7,10,13H2,1H3. The van der Waals surface area contributed by atoms with E-state index in [1.54, 1.807) is 7.11 Å². The molecule has 0 saturated carbocycles. The van der Waals surface area contributed by atoms with Crippen LogP contribution in [0, 0.1) is 0 Å². The lowest BCUT2D eigenvalue weighted by Crippen LogP contribution is -2.04. The molecule has 2 aromatic rings. The van der Waals surface area contributed by atoms with Gasteiger partial charge in [-0.2, -0.15) is 0 Å². The Kier molecular flexibility index (Phi) is 5.46. The molecule has 0 bridgehead atoms. The van der Waals surface area contributed by atoms with Crippen LogP contribution in [0.5, 0.6) is 5.75 Å². The first-order chi connectivity index (χ1) is 9.28. The summed E-state index contributed by atoms with van der Waals surface area (Å²) in [6.07, 6.45) is 3.32. The molecule has 0 fully saturated rings. The van der Waals surface area contributed by atoms with Gasteiger partial charge in [-0.25, -0.2) is 0 Å². The van der Waals surface area contributed by atoms with Gasteiger partial charge in [0.05, 0.1) is 7.11 Å². The largest absolute Gasteiger partial charge is 0.497 e. The van der Waals surface area contributed by atoms with Crippen LogP contribution in [0.2, 0.25) is 0 Å². The molecule has 0 aliphatic carbocycles. The number of hydrogen-bond acceptors (Lipinski definition) is 1. The van der Waals surface area contributed by atoms with Crippen LogP contribution in [0.1, 0.15) is 17.5 Å². The molecule has 0 radical (unpaired) electrons. The van der Waals surface area contributed by atoms with Crippen molar-refractivity contribution in [3.63, 3.8) is 0 Å². The lowest BCUT2D eigenvalue weighted by atomic mass is 10.0. The Bertz CT molecular complexity index is 478. The Morgan fingerprint density at radius 1 is 0.947 bits per heavy atom. The lowest BCUT2D eigenvalue weighted by molar-refractivity contribution is 0.414. The lowest BCUT2D eigenvalue weighted by Gasteiger charge is -2.10. The van der Waals surface area contributed by atoms with Crippen LogP contribution in [0.4, 0.5) is 0 Å². The van der Waals surface area contributed by atoms with Gasteiger partial charge in [-0.1, -0.05) is 58.4 Å². The molecule has 2 aromatic carbocycles. The van der Waals surface area contributed by atoms with E-state index >= 15 is 0 Å². The monoisotopic (exact) mass is 318 g/mol. The van der Waals surface area contributed by atoms with Crippen molar-refractivity contribution in [2.45, 2.75) is 24.1 Å². The van der Waals surface area contributed by atoms with Gasteiger partial charge >= 0.3 is 0 Å². The Balaban J connectivity index is 1.82. The second-order valence-electron chi connectivity index (χ2n) is 4.67. The highest BCUT2D eigenvalue weighted by atomic mass is 79.9. The molecule has 2 heteroatoms. The molecule has 19 heavy (non-hydrogen) atoms. The van der Waals surface area contributed by atoms with Gasteiger partial charge in [0.15, 0.2) is 0 Å². The van der Waals surface area contributed by atoms with Crippen molar-refractivity contribution in [3.05, 3.63) is 65.7 Å². The van der Waals surface area contributed by atoms with Crippen molar-refractivity contribution in [2.24, 2.45) is 0 Å². The third-order valence-corrected chi connectivity index (χ3v) is 3.99. The third kappa shape index (κ3) is 4.71. The van der Waals surface area contributed by atoms with Gasteiger partial charge < -0.3 is 4.74 Å². The van der Waals surface area contributed by atoms with Crippen molar-refractivity contribution >= 4 is 15.9 Å². The second kappa shape index (κ2) is 7.34. The van der Waals surface area contributed by atoms with Crippen molar-refractivity contribution in [2.75, 3.05) is 7.11 Å². The number of hydrogen-bond donors (Lipinski definition) is 0. The van der Waals surface area contributed by atoms with Crippen LogP contribution in [0.3, 0.4) is 0 Å². The SMILES string of the molecule is COc1ccc(CC(Br)CCc2ccccc2)cc1. The molecular weight excluding hydrogens is 300 g/mol. The normalized spacial score (nSPS) is 12.1. The van der Waals surface area contributed by atoms with Crippen LogP contribution in [0.15, 0.2) is 54.6 Å². The van der Waals surface area contributed by atoms with E-state index in [-0.39, 0.29) is 0 Å². The van der Waals surface area contributed by atoms with E-state index < -0.39 is 0 Å². The van der Waals surface area contributed by atoms with Gasteiger partial charge in [0.25, 0.3) is 0 Å². The summed E-state index contributed by atoms with van der Waals surface area (Å²) in [6, 6.07) is 18.9. The maximum Gasteiger partial charge on any atom is 0.118 e.